The molecule has 3 heterocycles. The van der Waals surface area contributed by atoms with Crippen LogP contribution in [0.1, 0.15) is 28.3 Å². The van der Waals surface area contributed by atoms with Crippen molar-refractivity contribution in [2.24, 2.45) is 0 Å². The molecule has 0 atom stereocenters. The van der Waals surface area contributed by atoms with E-state index in [4.69, 9.17) is 4.98 Å². The average molecular weight is 376 g/mol. The fourth-order valence-electron chi connectivity index (χ4n) is 3.08. The van der Waals surface area contributed by atoms with Crippen LogP contribution in [0.2, 0.25) is 0 Å². The smallest absolute Gasteiger partial charge is 0.258 e. The maximum atomic E-state index is 12.4. The summed E-state index contributed by atoms with van der Waals surface area (Å²) in [6, 6.07) is 17.6. The largest absolute Gasteiger partial charge is 0.337 e. The lowest BCUT2D eigenvalue weighted by atomic mass is 10.1. The van der Waals surface area contributed by atoms with Crippen molar-refractivity contribution in [2.75, 3.05) is 0 Å². The SMILES string of the molecule is Cc1[nH]c(SCc2cc(=O)n3c(C)cccc3n2)nc1Cc1ccccc1. The number of nitrogens with one attached hydrogen (secondary N) is 1. The van der Waals surface area contributed by atoms with Crippen molar-refractivity contribution in [3.05, 3.63) is 93.3 Å². The second-order valence-electron chi connectivity index (χ2n) is 6.51. The van der Waals surface area contributed by atoms with Crippen molar-refractivity contribution in [3.8, 4) is 0 Å². The molecule has 0 aliphatic rings. The highest BCUT2D eigenvalue weighted by Crippen LogP contribution is 2.22. The Hall–Kier alpha value is -2.86. The van der Waals surface area contributed by atoms with Gasteiger partial charge in [0.25, 0.3) is 5.56 Å². The van der Waals surface area contributed by atoms with Gasteiger partial charge in [0.15, 0.2) is 5.16 Å². The molecule has 0 fully saturated rings. The summed E-state index contributed by atoms with van der Waals surface area (Å²) in [4.78, 5) is 25.0. The minimum atomic E-state index is -0.0471. The minimum absolute atomic E-state index is 0.0471. The van der Waals surface area contributed by atoms with E-state index < -0.39 is 0 Å². The normalized spacial score (nSPS) is 11.2. The van der Waals surface area contributed by atoms with Crippen LogP contribution in [-0.2, 0) is 12.2 Å². The predicted octanol–water partition coefficient (Wildman–Crippen LogP) is 3.92. The third-order valence-electron chi connectivity index (χ3n) is 4.47. The number of H-pyrrole nitrogens is 1. The van der Waals surface area contributed by atoms with Crippen LogP contribution >= 0.6 is 11.8 Å². The quantitative estimate of drug-likeness (QED) is 0.536. The molecule has 6 heteroatoms. The van der Waals surface area contributed by atoms with E-state index in [2.05, 4.69) is 22.1 Å². The number of fused-ring (bicyclic) bond motifs is 1. The Kier molecular flexibility index (Phi) is 4.81. The summed E-state index contributed by atoms with van der Waals surface area (Å²) in [6.07, 6.45) is 0.804. The highest BCUT2D eigenvalue weighted by molar-refractivity contribution is 7.98. The number of benzene rings is 1. The Bertz CT molecular complexity index is 1150. The van der Waals surface area contributed by atoms with E-state index >= 15 is 0 Å². The average Bonchev–Trinajstić information content (AvgIpc) is 3.00. The molecule has 0 amide bonds. The van der Waals surface area contributed by atoms with Gasteiger partial charge in [-0.05, 0) is 31.5 Å². The molecule has 1 aromatic carbocycles. The van der Waals surface area contributed by atoms with Gasteiger partial charge in [0.2, 0.25) is 0 Å². The van der Waals surface area contributed by atoms with Gasteiger partial charge in [-0.25, -0.2) is 9.97 Å². The summed E-state index contributed by atoms with van der Waals surface area (Å²) in [5, 5.41) is 0.852. The Balaban J connectivity index is 1.52. The number of hydrogen-bond donors (Lipinski definition) is 1. The molecule has 0 bridgehead atoms. The zero-order chi connectivity index (χ0) is 18.8. The predicted molar refractivity (Wildman–Crippen MR) is 108 cm³/mol. The van der Waals surface area contributed by atoms with Gasteiger partial charge in [-0.3, -0.25) is 9.20 Å². The molecule has 0 unspecified atom stereocenters. The van der Waals surface area contributed by atoms with Crippen LogP contribution in [0.25, 0.3) is 5.65 Å². The number of aryl methyl sites for hydroxylation is 2. The van der Waals surface area contributed by atoms with Crippen molar-refractivity contribution < 1.29 is 0 Å². The van der Waals surface area contributed by atoms with Gasteiger partial charge in [0, 0.05) is 29.6 Å². The van der Waals surface area contributed by atoms with Gasteiger partial charge in [0.05, 0.1) is 11.4 Å². The van der Waals surface area contributed by atoms with E-state index in [9.17, 15) is 4.79 Å². The number of hydrogen-bond acceptors (Lipinski definition) is 4. The molecule has 0 spiro atoms. The first-order valence-corrected chi connectivity index (χ1v) is 9.79. The number of aromatic nitrogens is 4. The molecule has 0 radical (unpaired) electrons. The Labute approximate surface area is 161 Å². The highest BCUT2D eigenvalue weighted by atomic mass is 32.2. The minimum Gasteiger partial charge on any atom is -0.337 e. The van der Waals surface area contributed by atoms with Crippen molar-refractivity contribution in [2.45, 2.75) is 31.2 Å². The molecule has 0 aliphatic heterocycles. The van der Waals surface area contributed by atoms with Crippen LogP contribution in [0.4, 0.5) is 0 Å². The van der Waals surface area contributed by atoms with Crippen LogP contribution in [0.5, 0.6) is 0 Å². The zero-order valence-electron chi connectivity index (χ0n) is 15.3. The van der Waals surface area contributed by atoms with Crippen molar-refractivity contribution in [3.63, 3.8) is 0 Å². The van der Waals surface area contributed by atoms with Gasteiger partial charge in [-0.15, -0.1) is 0 Å². The van der Waals surface area contributed by atoms with Gasteiger partial charge in [-0.1, -0.05) is 48.2 Å². The molecule has 27 heavy (non-hydrogen) atoms. The molecule has 0 saturated carbocycles. The monoisotopic (exact) mass is 376 g/mol. The topological polar surface area (TPSA) is 63.0 Å². The third-order valence-corrected chi connectivity index (χ3v) is 5.38. The number of imidazole rings is 1. The standard InChI is InChI=1S/C21H20N4OS/c1-14-7-6-10-19-23-17(12-20(26)25(14)19)13-27-21-22-15(2)18(24-21)11-16-8-4-3-5-9-16/h3-10,12H,11,13H2,1-2H3,(H,22,24). The Morgan fingerprint density at radius 2 is 1.85 bits per heavy atom. The van der Waals surface area contributed by atoms with Crippen molar-refractivity contribution >= 4 is 17.4 Å². The first-order valence-electron chi connectivity index (χ1n) is 8.80. The second-order valence-corrected chi connectivity index (χ2v) is 7.48. The summed E-state index contributed by atoms with van der Waals surface area (Å²) in [5.74, 6) is 0.595. The van der Waals surface area contributed by atoms with Gasteiger partial charge >= 0.3 is 0 Å². The molecule has 1 N–H and O–H groups in total. The molecule has 3 aromatic heterocycles. The lowest BCUT2D eigenvalue weighted by Crippen LogP contribution is -2.17. The van der Waals surface area contributed by atoms with Crippen molar-refractivity contribution in [1.29, 1.82) is 0 Å². The van der Waals surface area contributed by atoms with Gasteiger partial charge in [-0.2, -0.15) is 0 Å². The molecule has 136 valence electrons. The number of rotatable bonds is 5. The summed E-state index contributed by atoms with van der Waals surface area (Å²) in [7, 11) is 0. The Morgan fingerprint density at radius 3 is 2.67 bits per heavy atom. The first-order chi connectivity index (χ1) is 13.1. The molecule has 0 saturated heterocycles. The van der Waals surface area contributed by atoms with E-state index in [1.54, 1.807) is 22.2 Å². The van der Waals surface area contributed by atoms with Crippen LogP contribution in [-0.4, -0.2) is 19.4 Å². The maximum Gasteiger partial charge on any atom is 0.258 e. The van der Waals surface area contributed by atoms with Crippen LogP contribution < -0.4 is 5.56 Å². The van der Waals surface area contributed by atoms with Crippen molar-refractivity contribution in [1.82, 2.24) is 19.4 Å². The summed E-state index contributed by atoms with van der Waals surface area (Å²) in [6.45, 7) is 3.95. The molecule has 5 nitrogen and oxygen atoms in total. The lowest BCUT2D eigenvalue weighted by Gasteiger charge is -2.05. The van der Waals surface area contributed by atoms with E-state index in [1.165, 1.54) is 5.56 Å². The highest BCUT2D eigenvalue weighted by Gasteiger charge is 2.10. The van der Waals surface area contributed by atoms with Gasteiger partial charge in [0.1, 0.15) is 5.65 Å². The molecule has 4 rings (SSSR count). The van der Waals surface area contributed by atoms with E-state index in [1.807, 2.05) is 50.2 Å². The third kappa shape index (κ3) is 3.80. The van der Waals surface area contributed by atoms with Crippen LogP contribution in [0, 0.1) is 13.8 Å². The second kappa shape index (κ2) is 7.40. The van der Waals surface area contributed by atoms with Gasteiger partial charge < -0.3 is 4.98 Å². The number of nitrogens with zero attached hydrogens (tertiary/aromatic N) is 3. The maximum absolute atomic E-state index is 12.4. The van der Waals surface area contributed by atoms with E-state index in [-0.39, 0.29) is 5.56 Å². The van der Waals surface area contributed by atoms with E-state index in [0.717, 1.165) is 34.4 Å². The number of pyridine rings is 1. The zero-order valence-corrected chi connectivity index (χ0v) is 16.1. The van der Waals surface area contributed by atoms with Crippen LogP contribution in [0.15, 0.2) is 64.5 Å². The number of aromatic amines is 1. The summed E-state index contributed by atoms with van der Waals surface area (Å²) >= 11 is 1.56. The summed E-state index contributed by atoms with van der Waals surface area (Å²) < 4.78 is 1.63. The molecular weight excluding hydrogens is 356 g/mol. The lowest BCUT2D eigenvalue weighted by molar-refractivity contribution is 0.965. The fourth-order valence-corrected chi connectivity index (χ4v) is 3.91. The number of thioether (sulfide) groups is 1. The first kappa shape index (κ1) is 17.5. The molecular formula is C21H20N4OS. The Morgan fingerprint density at radius 1 is 1.04 bits per heavy atom. The van der Waals surface area contributed by atoms with Crippen LogP contribution in [0.3, 0.4) is 0 Å². The molecule has 0 aliphatic carbocycles. The summed E-state index contributed by atoms with van der Waals surface area (Å²) in [5.41, 5.74) is 5.64. The molecule has 4 aromatic rings. The van der Waals surface area contributed by atoms with E-state index in [0.29, 0.717) is 11.4 Å². The fraction of sp³-hybridized carbons (Fsp3) is 0.190.